The van der Waals surface area contributed by atoms with Gasteiger partial charge in [0.2, 0.25) is 0 Å². The molecule has 1 aromatic carbocycles. The van der Waals surface area contributed by atoms with Gasteiger partial charge in [-0.15, -0.1) is 11.6 Å². The molecule has 0 aliphatic rings. The predicted octanol–water partition coefficient (Wildman–Crippen LogP) is 2.95. The second-order valence-corrected chi connectivity index (χ2v) is 2.93. The maximum Gasteiger partial charge on any atom is 0.123 e. The van der Waals surface area contributed by atoms with Crippen molar-refractivity contribution in [1.82, 2.24) is 0 Å². The Balaban J connectivity index is 2.94. The van der Waals surface area contributed by atoms with Crippen LogP contribution in [0.25, 0.3) is 6.08 Å². The number of phenolic OH excluding ortho intramolecular Hbond substituents is 1. The zero-order valence-electron chi connectivity index (χ0n) is 6.92. The third-order valence-electron chi connectivity index (χ3n) is 1.57. The van der Waals surface area contributed by atoms with Crippen molar-refractivity contribution < 1.29 is 5.11 Å². The summed E-state index contributed by atoms with van der Waals surface area (Å²) in [4.78, 5) is 0. The topological polar surface area (TPSA) is 20.2 Å². The molecule has 0 amide bonds. The molecule has 0 unspecified atom stereocenters. The van der Waals surface area contributed by atoms with Crippen LogP contribution in [0.5, 0.6) is 5.75 Å². The highest BCUT2D eigenvalue weighted by atomic mass is 35.5. The van der Waals surface area contributed by atoms with Crippen molar-refractivity contribution in [2.24, 2.45) is 0 Å². The van der Waals surface area contributed by atoms with Crippen molar-refractivity contribution >= 4 is 17.7 Å². The molecule has 1 nitrogen and oxygen atoms in total. The molecular weight excluding hydrogens is 172 g/mol. The molecule has 1 aromatic rings. The van der Waals surface area contributed by atoms with Crippen LogP contribution in [0.3, 0.4) is 0 Å². The molecule has 0 saturated carbocycles. The molecule has 0 aliphatic carbocycles. The molecule has 0 aromatic heterocycles. The van der Waals surface area contributed by atoms with E-state index in [2.05, 4.69) is 0 Å². The standard InChI is InChI=1S/C10H11ClO/c1-8-4-5-9(3-2-6-11)10(12)7-8/h2-5,7,12H,6H2,1H3/b3-2+. The molecule has 0 spiro atoms. The zero-order chi connectivity index (χ0) is 8.97. The van der Waals surface area contributed by atoms with Crippen LogP contribution in [0.2, 0.25) is 0 Å². The minimum Gasteiger partial charge on any atom is -0.507 e. The van der Waals surface area contributed by atoms with Crippen LogP contribution in [-0.4, -0.2) is 11.0 Å². The van der Waals surface area contributed by atoms with Crippen LogP contribution >= 0.6 is 11.6 Å². The van der Waals surface area contributed by atoms with Crippen LogP contribution in [0.4, 0.5) is 0 Å². The monoisotopic (exact) mass is 182 g/mol. The number of aromatic hydroxyl groups is 1. The molecule has 0 fully saturated rings. The molecule has 12 heavy (non-hydrogen) atoms. The predicted molar refractivity (Wildman–Crippen MR) is 52.6 cm³/mol. The smallest absolute Gasteiger partial charge is 0.123 e. The normalized spacial score (nSPS) is 10.8. The summed E-state index contributed by atoms with van der Waals surface area (Å²) in [5, 5.41) is 9.42. The van der Waals surface area contributed by atoms with Gasteiger partial charge in [-0.3, -0.25) is 0 Å². The van der Waals surface area contributed by atoms with E-state index in [1.807, 2.05) is 25.1 Å². The van der Waals surface area contributed by atoms with Crippen LogP contribution in [0.1, 0.15) is 11.1 Å². The first-order valence-electron chi connectivity index (χ1n) is 3.76. The highest BCUT2D eigenvalue weighted by Crippen LogP contribution is 2.19. The summed E-state index contributed by atoms with van der Waals surface area (Å²) in [6, 6.07) is 5.55. The van der Waals surface area contributed by atoms with Crippen LogP contribution in [0, 0.1) is 6.92 Å². The molecule has 1 N–H and O–H groups in total. The van der Waals surface area contributed by atoms with E-state index in [4.69, 9.17) is 11.6 Å². The van der Waals surface area contributed by atoms with Gasteiger partial charge in [0.15, 0.2) is 0 Å². The maximum absolute atomic E-state index is 9.42. The quantitative estimate of drug-likeness (QED) is 0.698. The van der Waals surface area contributed by atoms with Gasteiger partial charge < -0.3 is 5.11 Å². The molecule has 0 bridgehead atoms. The molecule has 64 valence electrons. The first-order valence-corrected chi connectivity index (χ1v) is 4.29. The van der Waals surface area contributed by atoms with Gasteiger partial charge in [-0.05, 0) is 18.6 Å². The fourth-order valence-electron chi connectivity index (χ4n) is 0.966. The third-order valence-corrected chi connectivity index (χ3v) is 1.75. The van der Waals surface area contributed by atoms with Crippen molar-refractivity contribution in [3.8, 4) is 5.75 Å². The number of aryl methyl sites for hydroxylation is 1. The fourth-order valence-corrected chi connectivity index (χ4v) is 1.06. The van der Waals surface area contributed by atoms with Gasteiger partial charge in [0, 0.05) is 11.4 Å². The Morgan fingerprint density at radius 1 is 1.50 bits per heavy atom. The van der Waals surface area contributed by atoms with Crippen LogP contribution in [0.15, 0.2) is 24.3 Å². The van der Waals surface area contributed by atoms with Gasteiger partial charge in [-0.25, -0.2) is 0 Å². The van der Waals surface area contributed by atoms with E-state index in [0.717, 1.165) is 11.1 Å². The van der Waals surface area contributed by atoms with E-state index in [0.29, 0.717) is 11.6 Å². The summed E-state index contributed by atoms with van der Waals surface area (Å²) in [7, 11) is 0. The Bertz CT molecular complexity index is 292. The van der Waals surface area contributed by atoms with Gasteiger partial charge in [0.25, 0.3) is 0 Å². The number of phenols is 1. The molecule has 0 radical (unpaired) electrons. The highest BCUT2D eigenvalue weighted by molar-refractivity contribution is 6.19. The number of hydrogen-bond donors (Lipinski definition) is 1. The summed E-state index contributed by atoms with van der Waals surface area (Å²) in [6.07, 6.45) is 3.60. The van der Waals surface area contributed by atoms with E-state index >= 15 is 0 Å². The lowest BCUT2D eigenvalue weighted by Gasteiger charge is -1.99. The minimum absolute atomic E-state index is 0.302. The fraction of sp³-hybridized carbons (Fsp3) is 0.200. The first kappa shape index (κ1) is 9.14. The molecule has 0 saturated heterocycles. The maximum atomic E-state index is 9.42. The highest BCUT2D eigenvalue weighted by Gasteiger charge is 1.95. The van der Waals surface area contributed by atoms with E-state index in [1.165, 1.54) is 0 Å². The van der Waals surface area contributed by atoms with Crippen molar-refractivity contribution in [3.05, 3.63) is 35.4 Å². The number of benzene rings is 1. The van der Waals surface area contributed by atoms with Gasteiger partial charge in [0.05, 0.1) is 0 Å². The summed E-state index contributed by atoms with van der Waals surface area (Å²) in [6.45, 7) is 1.94. The second kappa shape index (κ2) is 4.17. The lowest BCUT2D eigenvalue weighted by atomic mass is 10.1. The second-order valence-electron chi connectivity index (χ2n) is 2.62. The minimum atomic E-state index is 0.302. The summed E-state index contributed by atoms with van der Waals surface area (Å²) in [5.74, 6) is 0.768. The Morgan fingerprint density at radius 2 is 2.25 bits per heavy atom. The summed E-state index contributed by atoms with van der Waals surface area (Å²) in [5.41, 5.74) is 1.86. The van der Waals surface area contributed by atoms with Crippen molar-refractivity contribution in [3.63, 3.8) is 0 Å². The zero-order valence-corrected chi connectivity index (χ0v) is 7.67. The molecule has 2 heteroatoms. The summed E-state index contributed by atoms with van der Waals surface area (Å²) >= 11 is 5.47. The summed E-state index contributed by atoms with van der Waals surface area (Å²) < 4.78 is 0. The Morgan fingerprint density at radius 3 is 2.83 bits per heavy atom. The number of halogens is 1. The van der Waals surface area contributed by atoms with Crippen molar-refractivity contribution in [1.29, 1.82) is 0 Å². The number of allylic oxidation sites excluding steroid dienone is 1. The molecule has 1 rings (SSSR count). The van der Waals surface area contributed by atoms with E-state index in [9.17, 15) is 5.11 Å². The van der Waals surface area contributed by atoms with E-state index in [1.54, 1.807) is 12.1 Å². The average Bonchev–Trinajstić information content (AvgIpc) is 2.03. The molecule has 0 aliphatic heterocycles. The van der Waals surface area contributed by atoms with Crippen LogP contribution < -0.4 is 0 Å². The number of alkyl halides is 1. The molecular formula is C10H11ClO. The van der Waals surface area contributed by atoms with Crippen molar-refractivity contribution in [2.45, 2.75) is 6.92 Å². The molecule has 0 atom stereocenters. The van der Waals surface area contributed by atoms with Crippen LogP contribution in [-0.2, 0) is 0 Å². The number of rotatable bonds is 2. The lowest BCUT2D eigenvalue weighted by Crippen LogP contribution is -1.76. The molecule has 0 heterocycles. The van der Waals surface area contributed by atoms with Gasteiger partial charge >= 0.3 is 0 Å². The van der Waals surface area contributed by atoms with Crippen molar-refractivity contribution in [2.75, 3.05) is 5.88 Å². The number of hydrogen-bond acceptors (Lipinski definition) is 1. The third kappa shape index (κ3) is 2.28. The van der Waals surface area contributed by atoms with E-state index < -0.39 is 0 Å². The Kier molecular flexibility index (Phi) is 3.18. The Labute approximate surface area is 77.3 Å². The SMILES string of the molecule is Cc1ccc(/C=C/CCl)c(O)c1. The average molecular weight is 183 g/mol. The lowest BCUT2D eigenvalue weighted by molar-refractivity contribution is 0.473. The largest absolute Gasteiger partial charge is 0.507 e. The Hall–Kier alpha value is -0.950. The first-order chi connectivity index (χ1) is 5.74. The van der Waals surface area contributed by atoms with Gasteiger partial charge in [-0.1, -0.05) is 24.3 Å². The van der Waals surface area contributed by atoms with Gasteiger partial charge in [0.1, 0.15) is 5.75 Å². The van der Waals surface area contributed by atoms with Gasteiger partial charge in [-0.2, -0.15) is 0 Å². The van der Waals surface area contributed by atoms with E-state index in [-0.39, 0.29) is 0 Å².